The second-order valence-electron chi connectivity index (χ2n) is 7.95. The minimum absolute atomic E-state index is 0.0126. The number of carbonyl (C=O) groups is 1. The Morgan fingerprint density at radius 3 is 2.50 bits per heavy atom. The maximum Gasteiger partial charge on any atom is 0.225 e. The molecule has 2 aliphatic rings. The Hall–Kier alpha value is -2.11. The lowest BCUT2D eigenvalue weighted by atomic mass is 9.92. The van der Waals surface area contributed by atoms with Crippen LogP contribution in [0.15, 0.2) is 18.5 Å². The van der Waals surface area contributed by atoms with Gasteiger partial charge in [-0.05, 0) is 18.9 Å². The quantitative estimate of drug-likeness (QED) is 0.847. The molecule has 6 heteroatoms. The average molecular weight is 327 g/mol. The van der Waals surface area contributed by atoms with Crippen molar-refractivity contribution in [1.82, 2.24) is 19.5 Å². The monoisotopic (exact) mass is 327 g/mol. The van der Waals surface area contributed by atoms with Crippen LogP contribution in [0.5, 0.6) is 0 Å². The summed E-state index contributed by atoms with van der Waals surface area (Å²) in [6, 6.07) is 2.14. The second-order valence-corrected chi connectivity index (χ2v) is 7.95. The largest absolute Gasteiger partial charge is 0.351 e. The first-order valence-corrected chi connectivity index (χ1v) is 8.82. The van der Waals surface area contributed by atoms with Gasteiger partial charge in [-0.15, -0.1) is 0 Å². The van der Waals surface area contributed by atoms with Crippen LogP contribution >= 0.6 is 0 Å². The topological polar surface area (TPSA) is 53.7 Å². The van der Waals surface area contributed by atoms with Crippen LogP contribution in [0.3, 0.4) is 0 Å². The highest BCUT2D eigenvalue weighted by Crippen LogP contribution is 2.32. The molecule has 0 radical (unpaired) electrons. The standard InChI is InChI=1S/C18H25N5O/c1-18(2,3)15-12-14-16(19-6-7-23(14)20-15)21-8-10-22(11-9-21)17(24)13-4-5-13/h6-7,12-13H,4-5,8-11H2,1-3H3. The molecule has 3 heterocycles. The highest BCUT2D eigenvalue weighted by atomic mass is 16.2. The molecule has 0 unspecified atom stereocenters. The zero-order valence-corrected chi connectivity index (χ0v) is 14.7. The summed E-state index contributed by atoms with van der Waals surface area (Å²) in [5.41, 5.74) is 2.13. The van der Waals surface area contributed by atoms with Crippen molar-refractivity contribution in [2.75, 3.05) is 31.1 Å². The molecule has 1 saturated heterocycles. The van der Waals surface area contributed by atoms with Crippen LogP contribution in [-0.2, 0) is 10.2 Å². The van der Waals surface area contributed by atoms with Crippen molar-refractivity contribution >= 4 is 17.2 Å². The number of carbonyl (C=O) groups excluding carboxylic acids is 1. The number of anilines is 1. The molecule has 0 aromatic carbocycles. The lowest BCUT2D eigenvalue weighted by Gasteiger charge is -2.35. The summed E-state index contributed by atoms with van der Waals surface area (Å²) in [4.78, 5) is 21.1. The Morgan fingerprint density at radius 2 is 1.88 bits per heavy atom. The molecular weight excluding hydrogens is 302 g/mol. The smallest absolute Gasteiger partial charge is 0.225 e. The highest BCUT2D eigenvalue weighted by Gasteiger charge is 2.35. The first-order chi connectivity index (χ1) is 11.4. The lowest BCUT2D eigenvalue weighted by molar-refractivity contribution is -0.132. The molecule has 24 heavy (non-hydrogen) atoms. The van der Waals surface area contributed by atoms with Gasteiger partial charge in [0.2, 0.25) is 5.91 Å². The van der Waals surface area contributed by atoms with E-state index in [-0.39, 0.29) is 5.41 Å². The number of hydrogen-bond donors (Lipinski definition) is 0. The number of hydrogen-bond acceptors (Lipinski definition) is 4. The first kappa shape index (κ1) is 15.4. The average Bonchev–Trinajstić information content (AvgIpc) is 3.30. The van der Waals surface area contributed by atoms with Crippen molar-refractivity contribution in [1.29, 1.82) is 0 Å². The number of aromatic nitrogens is 3. The normalized spacial score (nSPS) is 19.1. The van der Waals surface area contributed by atoms with Crippen LogP contribution in [0.1, 0.15) is 39.3 Å². The Balaban J connectivity index is 1.56. The molecule has 128 valence electrons. The molecule has 0 spiro atoms. The predicted molar refractivity (Wildman–Crippen MR) is 93.2 cm³/mol. The number of amides is 1. The fourth-order valence-corrected chi connectivity index (χ4v) is 3.25. The lowest BCUT2D eigenvalue weighted by Crippen LogP contribution is -2.49. The summed E-state index contributed by atoms with van der Waals surface area (Å²) in [5, 5.41) is 4.70. The van der Waals surface area contributed by atoms with Crippen molar-refractivity contribution in [2.45, 2.75) is 39.0 Å². The van der Waals surface area contributed by atoms with Crippen LogP contribution in [0.4, 0.5) is 5.82 Å². The third-order valence-corrected chi connectivity index (χ3v) is 4.96. The fourth-order valence-electron chi connectivity index (χ4n) is 3.25. The minimum Gasteiger partial charge on any atom is -0.351 e. The van der Waals surface area contributed by atoms with E-state index in [0.29, 0.717) is 11.8 Å². The van der Waals surface area contributed by atoms with Gasteiger partial charge >= 0.3 is 0 Å². The van der Waals surface area contributed by atoms with Gasteiger partial charge in [0.1, 0.15) is 5.52 Å². The van der Waals surface area contributed by atoms with Gasteiger partial charge in [-0.25, -0.2) is 9.50 Å². The number of fused-ring (bicyclic) bond motifs is 1. The molecule has 6 nitrogen and oxygen atoms in total. The Labute approximate surface area is 142 Å². The van der Waals surface area contributed by atoms with E-state index in [1.807, 2.05) is 21.8 Å². The summed E-state index contributed by atoms with van der Waals surface area (Å²) in [5.74, 6) is 1.63. The molecule has 1 aliphatic carbocycles. The summed E-state index contributed by atoms with van der Waals surface area (Å²) in [7, 11) is 0. The zero-order valence-electron chi connectivity index (χ0n) is 14.7. The fraction of sp³-hybridized carbons (Fsp3) is 0.611. The van der Waals surface area contributed by atoms with Crippen LogP contribution in [-0.4, -0.2) is 51.6 Å². The number of rotatable bonds is 2. The van der Waals surface area contributed by atoms with Crippen molar-refractivity contribution in [2.24, 2.45) is 5.92 Å². The van der Waals surface area contributed by atoms with Gasteiger partial charge in [-0.1, -0.05) is 20.8 Å². The van der Waals surface area contributed by atoms with Crippen LogP contribution in [0.25, 0.3) is 5.52 Å². The van der Waals surface area contributed by atoms with Gasteiger partial charge in [0.25, 0.3) is 0 Å². The number of piperazine rings is 1. The van der Waals surface area contributed by atoms with Crippen LogP contribution < -0.4 is 4.90 Å². The van der Waals surface area contributed by atoms with Gasteiger partial charge in [0.15, 0.2) is 5.82 Å². The molecule has 1 saturated carbocycles. The molecule has 2 aromatic heterocycles. The van der Waals surface area contributed by atoms with Gasteiger partial charge in [0.05, 0.1) is 5.69 Å². The van der Waals surface area contributed by atoms with Crippen molar-refractivity contribution in [3.8, 4) is 0 Å². The van der Waals surface area contributed by atoms with Crippen LogP contribution in [0, 0.1) is 5.92 Å². The van der Waals surface area contributed by atoms with E-state index < -0.39 is 0 Å². The molecule has 1 amide bonds. The maximum absolute atomic E-state index is 12.2. The zero-order chi connectivity index (χ0) is 16.9. The Morgan fingerprint density at radius 1 is 1.17 bits per heavy atom. The summed E-state index contributed by atoms with van der Waals surface area (Å²) in [6.07, 6.45) is 5.86. The van der Waals surface area contributed by atoms with E-state index in [1.54, 1.807) is 0 Å². The SMILES string of the molecule is CC(C)(C)c1cc2c(N3CCN(C(=O)C4CC4)CC3)nccn2n1. The molecule has 0 bridgehead atoms. The van der Waals surface area contributed by atoms with E-state index in [9.17, 15) is 4.79 Å². The third kappa shape index (κ3) is 2.74. The van der Waals surface area contributed by atoms with Gasteiger partial charge < -0.3 is 9.80 Å². The van der Waals surface area contributed by atoms with Crippen molar-refractivity contribution in [3.05, 3.63) is 24.2 Å². The molecular formula is C18H25N5O. The van der Waals surface area contributed by atoms with Gasteiger partial charge in [-0.2, -0.15) is 5.10 Å². The van der Waals surface area contributed by atoms with Gasteiger partial charge in [-0.3, -0.25) is 4.79 Å². The molecule has 4 rings (SSSR count). The second kappa shape index (κ2) is 5.46. The van der Waals surface area contributed by atoms with E-state index in [1.165, 1.54) is 0 Å². The molecule has 0 atom stereocenters. The highest BCUT2D eigenvalue weighted by molar-refractivity contribution is 5.81. The molecule has 2 aromatic rings. The maximum atomic E-state index is 12.2. The minimum atomic E-state index is 0.0126. The van der Waals surface area contributed by atoms with E-state index in [0.717, 1.165) is 56.0 Å². The Bertz CT molecular complexity index is 763. The van der Waals surface area contributed by atoms with Crippen molar-refractivity contribution in [3.63, 3.8) is 0 Å². The van der Waals surface area contributed by atoms with E-state index in [2.05, 4.69) is 36.7 Å². The van der Waals surface area contributed by atoms with Crippen molar-refractivity contribution < 1.29 is 4.79 Å². The molecule has 2 fully saturated rings. The van der Waals surface area contributed by atoms with E-state index >= 15 is 0 Å². The predicted octanol–water partition coefficient (Wildman–Crippen LogP) is 2.09. The first-order valence-electron chi connectivity index (χ1n) is 8.82. The summed E-state index contributed by atoms with van der Waals surface area (Å²) in [6.45, 7) is 9.76. The van der Waals surface area contributed by atoms with Gasteiger partial charge in [0, 0.05) is 49.9 Å². The summed E-state index contributed by atoms with van der Waals surface area (Å²) < 4.78 is 1.92. The Kier molecular flexibility index (Phi) is 3.51. The van der Waals surface area contributed by atoms with E-state index in [4.69, 9.17) is 5.10 Å². The molecule has 0 N–H and O–H groups in total. The summed E-state index contributed by atoms with van der Waals surface area (Å²) >= 11 is 0. The molecule has 1 aliphatic heterocycles. The third-order valence-electron chi connectivity index (χ3n) is 4.96. The van der Waals surface area contributed by atoms with Crippen LogP contribution in [0.2, 0.25) is 0 Å². The number of nitrogens with zero attached hydrogens (tertiary/aromatic N) is 5.